The topological polar surface area (TPSA) is 42.2 Å². The normalized spacial score (nSPS) is 13.7. The van der Waals surface area contributed by atoms with E-state index in [0.29, 0.717) is 0 Å². The van der Waals surface area contributed by atoms with Gasteiger partial charge in [0, 0.05) is 5.39 Å². The number of para-hydroxylation sites is 1. The summed E-state index contributed by atoms with van der Waals surface area (Å²) in [5.41, 5.74) is 1.89. The molecular formula is C20H21NO2. The quantitative estimate of drug-likeness (QED) is 0.735. The fraction of sp³-hybridized carbons (Fsp3) is 0.250. The van der Waals surface area contributed by atoms with Crippen molar-refractivity contribution in [1.82, 2.24) is 5.32 Å². The average molecular weight is 307 g/mol. The average Bonchev–Trinajstić information content (AvgIpc) is 3.01. The predicted octanol–water partition coefficient (Wildman–Crippen LogP) is 4.80. The van der Waals surface area contributed by atoms with Gasteiger partial charge in [-0.2, -0.15) is 0 Å². The van der Waals surface area contributed by atoms with Gasteiger partial charge in [0.05, 0.1) is 12.0 Å². The number of carbonyl (C=O) groups is 1. The molecule has 0 aliphatic carbocycles. The minimum Gasteiger partial charge on any atom is -0.459 e. The van der Waals surface area contributed by atoms with Crippen LogP contribution in [0.4, 0.5) is 0 Å². The lowest BCUT2D eigenvalue weighted by Crippen LogP contribution is -2.31. The van der Waals surface area contributed by atoms with Crippen molar-refractivity contribution >= 4 is 16.9 Å². The zero-order valence-electron chi connectivity index (χ0n) is 13.5. The monoisotopic (exact) mass is 307 g/mol. The molecule has 1 amide bonds. The molecule has 1 aromatic heterocycles. The molecule has 1 heterocycles. The molecule has 2 unspecified atom stereocenters. The zero-order chi connectivity index (χ0) is 16.2. The number of fused-ring (bicyclic) bond motifs is 1. The zero-order valence-corrected chi connectivity index (χ0v) is 13.5. The van der Waals surface area contributed by atoms with Crippen LogP contribution in [0.15, 0.2) is 65.1 Å². The van der Waals surface area contributed by atoms with Crippen molar-refractivity contribution in [3.63, 3.8) is 0 Å². The molecule has 0 fully saturated rings. The summed E-state index contributed by atoms with van der Waals surface area (Å²) in [6.07, 6.45) is 0.767. The van der Waals surface area contributed by atoms with E-state index in [1.165, 1.54) is 0 Å². The van der Waals surface area contributed by atoms with Crippen molar-refractivity contribution in [1.29, 1.82) is 0 Å². The van der Waals surface area contributed by atoms with Crippen molar-refractivity contribution in [2.45, 2.75) is 32.2 Å². The molecule has 118 valence electrons. The summed E-state index contributed by atoms with van der Waals surface area (Å²) in [5, 5.41) is 4.13. The van der Waals surface area contributed by atoms with Gasteiger partial charge in [0.25, 0.3) is 0 Å². The smallest absolute Gasteiger partial charge is 0.228 e. The largest absolute Gasteiger partial charge is 0.459 e. The lowest BCUT2D eigenvalue weighted by Gasteiger charge is -2.18. The maximum atomic E-state index is 12.6. The van der Waals surface area contributed by atoms with Crippen LogP contribution in [0.2, 0.25) is 0 Å². The molecule has 0 saturated heterocycles. The fourth-order valence-electron chi connectivity index (χ4n) is 2.86. The number of furan rings is 1. The maximum Gasteiger partial charge on any atom is 0.228 e. The summed E-state index contributed by atoms with van der Waals surface area (Å²) in [6, 6.07) is 19.6. The molecule has 3 rings (SSSR count). The Morgan fingerprint density at radius 2 is 1.78 bits per heavy atom. The van der Waals surface area contributed by atoms with Crippen molar-refractivity contribution < 1.29 is 9.21 Å². The van der Waals surface area contributed by atoms with E-state index in [1.807, 2.05) is 74.5 Å². The Morgan fingerprint density at radius 3 is 2.48 bits per heavy atom. The van der Waals surface area contributed by atoms with E-state index in [-0.39, 0.29) is 17.9 Å². The molecule has 3 aromatic rings. The van der Waals surface area contributed by atoms with Crippen LogP contribution in [0, 0.1) is 0 Å². The van der Waals surface area contributed by atoms with Crippen LogP contribution < -0.4 is 5.32 Å². The predicted molar refractivity (Wildman–Crippen MR) is 92.2 cm³/mol. The second-order valence-corrected chi connectivity index (χ2v) is 5.79. The van der Waals surface area contributed by atoms with Crippen LogP contribution in [0.3, 0.4) is 0 Å². The molecule has 0 radical (unpaired) electrons. The second kappa shape index (κ2) is 6.69. The Hall–Kier alpha value is -2.55. The molecule has 0 bridgehead atoms. The SMILES string of the molecule is CCC(C(=O)NC(C)c1cc2ccccc2o1)c1ccccc1. The molecule has 3 heteroatoms. The van der Waals surface area contributed by atoms with Crippen LogP contribution in [-0.2, 0) is 4.79 Å². The van der Waals surface area contributed by atoms with Gasteiger partial charge in [-0.3, -0.25) is 4.79 Å². The van der Waals surface area contributed by atoms with Crippen LogP contribution in [0.1, 0.15) is 43.6 Å². The molecule has 0 aliphatic rings. The summed E-state index contributed by atoms with van der Waals surface area (Å²) < 4.78 is 5.84. The lowest BCUT2D eigenvalue weighted by molar-refractivity contribution is -0.123. The van der Waals surface area contributed by atoms with E-state index in [4.69, 9.17) is 4.42 Å². The first-order valence-electron chi connectivity index (χ1n) is 8.03. The Balaban J connectivity index is 1.75. The molecule has 0 spiro atoms. The summed E-state index contributed by atoms with van der Waals surface area (Å²) in [6.45, 7) is 3.98. The van der Waals surface area contributed by atoms with Gasteiger partial charge in [0.15, 0.2) is 0 Å². The Bertz CT molecular complexity index is 759. The van der Waals surface area contributed by atoms with Gasteiger partial charge >= 0.3 is 0 Å². The minimum atomic E-state index is -0.160. The number of amides is 1. The maximum absolute atomic E-state index is 12.6. The number of rotatable bonds is 5. The number of hydrogen-bond donors (Lipinski definition) is 1. The highest BCUT2D eigenvalue weighted by molar-refractivity contribution is 5.84. The molecule has 2 atom stereocenters. The molecular weight excluding hydrogens is 286 g/mol. The van der Waals surface area contributed by atoms with Crippen molar-refractivity contribution in [3.05, 3.63) is 72.0 Å². The van der Waals surface area contributed by atoms with Gasteiger partial charge in [-0.05, 0) is 31.0 Å². The number of carbonyl (C=O) groups excluding carboxylic acids is 1. The first-order chi connectivity index (χ1) is 11.2. The first-order valence-corrected chi connectivity index (χ1v) is 8.03. The summed E-state index contributed by atoms with van der Waals surface area (Å²) in [7, 11) is 0. The van der Waals surface area contributed by atoms with E-state index in [9.17, 15) is 4.79 Å². The van der Waals surface area contributed by atoms with E-state index < -0.39 is 0 Å². The number of benzene rings is 2. The molecule has 1 N–H and O–H groups in total. The highest BCUT2D eigenvalue weighted by Crippen LogP contribution is 2.25. The van der Waals surface area contributed by atoms with Crippen molar-refractivity contribution in [2.75, 3.05) is 0 Å². The van der Waals surface area contributed by atoms with Gasteiger partial charge < -0.3 is 9.73 Å². The van der Waals surface area contributed by atoms with Gasteiger partial charge in [-0.25, -0.2) is 0 Å². The summed E-state index contributed by atoms with van der Waals surface area (Å²) >= 11 is 0. The van der Waals surface area contributed by atoms with Crippen LogP contribution in [0.5, 0.6) is 0 Å². The van der Waals surface area contributed by atoms with Gasteiger partial charge in [0.2, 0.25) is 5.91 Å². The van der Waals surface area contributed by atoms with Gasteiger partial charge in [-0.15, -0.1) is 0 Å². The lowest BCUT2D eigenvalue weighted by atomic mass is 9.95. The van der Waals surface area contributed by atoms with Gasteiger partial charge in [0.1, 0.15) is 11.3 Å². The third kappa shape index (κ3) is 3.29. The summed E-state index contributed by atoms with van der Waals surface area (Å²) in [4.78, 5) is 12.6. The van der Waals surface area contributed by atoms with E-state index in [0.717, 1.165) is 28.7 Å². The molecule has 3 nitrogen and oxygen atoms in total. The first kappa shape index (κ1) is 15.3. The van der Waals surface area contributed by atoms with E-state index >= 15 is 0 Å². The summed E-state index contributed by atoms with van der Waals surface area (Å²) in [5.74, 6) is 0.678. The van der Waals surface area contributed by atoms with E-state index in [1.54, 1.807) is 0 Å². The minimum absolute atomic E-state index is 0.0339. The third-order valence-electron chi connectivity index (χ3n) is 4.16. The molecule has 2 aromatic carbocycles. The second-order valence-electron chi connectivity index (χ2n) is 5.79. The van der Waals surface area contributed by atoms with Crippen LogP contribution in [0.25, 0.3) is 11.0 Å². The standard InChI is InChI=1S/C20H21NO2/c1-3-17(15-9-5-4-6-10-15)20(22)21-14(2)19-13-16-11-7-8-12-18(16)23-19/h4-14,17H,3H2,1-2H3,(H,21,22). The van der Waals surface area contributed by atoms with Crippen LogP contribution >= 0.6 is 0 Å². The third-order valence-corrected chi connectivity index (χ3v) is 4.16. The van der Waals surface area contributed by atoms with Crippen LogP contribution in [-0.4, -0.2) is 5.91 Å². The molecule has 0 saturated carbocycles. The highest BCUT2D eigenvalue weighted by atomic mass is 16.3. The van der Waals surface area contributed by atoms with Crippen molar-refractivity contribution in [2.24, 2.45) is 0 Å². The van der Waals surface area contributed by atoms with E-state index in [2.05, 4.69) is 5.32 Å². The molecule has 23 heavy (non-hydrogen) atoms. The Kier molecular flexibility index (Phi) is 4.47. The Morgan fingerprint density at radius 1 is 1.09 bits per heavy atom. The highest BCUT2D eigenvalue weighted by Gasteiger charge is 2.21. The number of nitrogens with one attached hydrogen (secondary N) is 1. The molecule has 0 aliphatic heterocycles. The Labute approximate surface area is 136 Å². The van der Waals surface area contributed by atoms with Gasteiger partial charge in [-0.1, -0.05) is 55.5 Å². The number of hydrogen-bond acceptors (Lipinski definition) is 2. The van der Waals surface area contributed by atoms with Crippen molar-refractivity contribution in [3.8, 4) is 0 Å². The fourth-order valence-corrected chi connectivity index (χ4v) is 2.86.